The molecule has 5 N–H and O–H groups in total. The van der Waals surface area contributed by atoms with Gasteiger partial charge in [0.05, 0.1) is 38.3 Å². The van der Waals surface area contributed by atoms with Gasteiger partial charge in [-0.3, -0.25) is 9.59 Å². The second-order valence-corrected chi connectivity index (χ2v) is 32.7. The number of carboxylic acids is 2. The molecule has 0 amide bonds. The van der Waals surface area contributed by atoms with Crippen LogP contribution in [0.1, 0.15) is 188 Å². The Bertz CT molecular complexity index is 3430. The third-order valence-electron chi connectivity index (χ3n) is 15.3. The van der Waals surface area contributed by atoms with Crippen molar-refractivity contribution < 1.29 is 238 Å². The van der Waals surface area contributed by atoms with Crippen LogP contribution < -0.4 is 155 Å². The van der Waals surface area contributed by atoms with Crippen LogP contribution in [0.3, 0.4) is 0 Å². The molecule has 0 spiro atoms. The average Bonchev–Trinajstić information content (AvgIpc) is 0.734. The first kappa shape index (κ1) is 135. The molecule has 0 aromatic heterocycles. The van der Waals surface area contributed by atoms with Crippen LogP contribution in [-0.4, -0.2) is 136 Å². The van der Waals surface area contributed by atoms with Gasteiger partial charge in [-0.25, -0.2) is 49.5 Å². The van der Waals surface area contributed by atoms with Gasteiger partial charge in [-0.1, -0.05) is 249 Å². The monoisotopic (exact) mass is 1850 g/mol. The van der Waals surface area contributed by atoms with Gasteiger partial charge in [-0.2, -0.15) is 0 Å². The first-order valence-corrected chi connectivity index (χ1v) is 42.6. The zero-order chi connectivity index (χ0) is 86.9. The summed E-state index contributed by atoms with van der Waals surface area (Å²) in [5.74, 6) is -15.9. The van der Waals surface area contributed by atoms with E-state index in [4.69, 9.17) is 24.4 Å². The Kier molecular flexibility index (Phi) is 86.0. The summed E-state index contributed by atoms with van der Waals surface area (Å²) in [5.41, 5.74) is -0.693. The maximum atomic E-state index is 13.3. The molecule has 0 aliphatic heterocycles. The van der Waals surface area contributed by atoms with Crippen molar-refractivity contribution in [2.24, 2.45) is 5.92 Å². The fourth-order valence-electron chi connectivity index (χ4n) is 10.5. The first-order valence-electron chi connectivity index (χ1n) is 38.5. The molecule has 6 rings (SSSR count). The summed E-state index contributed by atoms with van der Waals surface area (Å²) in [4.78, 5) is 66.8. The number of aliphatic carboxylic acids is 2. The number of carbonyl (C=O) groups excluding carboxylic acids is 5. The largest absolute Gasteiger partial charge is 1.00 e. The van der Waals surface area contributed by atoms with Crippen LogP contribution in [0.25, 0.3) is 0 Å². The van der Waals surface area contributed by atoms with E-state index in [1.807, 2.05) is 59.7 Å². The minimum Gasteiger partial charge on any atom is -0.870 e. The Morgan fingerprint density at radius 1 is 0.421 bits per heavy atom. The molecule has 0 bridgehead atoms. The summed E-state index contributed by atoms with van der Waals surface area (Å²) < 4.78 is 122. The molecule has 17 nitrogen and oxygen atoms in total. The van der Waals surface area contributed by atoms with E-state index in [0.29, 0.717) is 84.5 Å². The number of carboxylic acid groups (broad SMARTS) is 2. The number of aliphatic hydroxyl groups is 1. The van der Waals surface area contributed by atoms with Gasteiger partial charge in [0.15, 0.2) is 5.66 Å². The predicted molar refractivity (Wildman–Crippen MR) is 455 cm³/mol. The number of ether oxygens (including phenoxy) is 5. The van der Waals surface area contributed by atoms with E-state index in [0.717, 1.165) is 45.4 Å². The number of carbonyl (C=O) groups is 6. The Morgan fingerprint density at radius 3 is 0.983 bits per heavy atom. The predicted octanol–water partition coefficient (Wildman–Crippen LogP) is 7.24. The molecule has 0 fully saturated rings. The van der Waals surface area contributed by atoms with Crippen molar-refractivity contribution in [3.05, 3.63) is 217 Å². The van der Waals surface area contributed by atoms with Gasteiger partial charge in [-0.05, 0) is 157 Å². The number of alkyl halides is 9. The van der Waals surface area contributed by atoms with Gasteiger partial charge >= 0.3 is 148 Å². The van der Waals surface area contributed by atoms with Gasteiger partial charge in [0.1, 0.15) is 28.0 Å². The normalized spacial score (nSPS) is 11.9. The molecule has 6 aromatic carbocycles. The van der Waals surface area contributed by atoms with Crippen LogP contribution in [0.15, 0.2) is 217 Å². The van der Waals surface area contributed by atoms with E-state index in [9.17, 15) is 69.0 Å². The van der Waals surface area contributed by atoms with Gasteiger partial charge < -0.3 is 60.2 Å². The minimum absolute atomic E-state index is 0. The Labute approximate surface area is 812 Å². The molecule has 0 radical (unpaired) electrons. The van der Waals surface area contributed by atoms with Crippen LogP contribution in [0, 0.1) is 5.92 Å². The second kappa shape index (κ2) is 77.1. The maximum absolute atomic E-state index is 13.3. The number of esters is 4. The maximum Gasteiger partial charge on any atom is 1.00 e. The molecule has 0 saturated heterocycles. The van der Waals surface area contributed by atoms with Gasteiger partial charge in [0.25, 0.3) is 23.7 Å². The van der Waals surface area contributed by atoms with E-state index in [1.165, 1.54) is 38.8 Å². The summed E-state index contributed by atoms with van der Waals surface area (Å²) in [5, 5.41) is 35.0. The number of halogens is 9. The Hall–Kier alpha value is -4.06. The van der Waals surface area contributed by atoms with Crippen molar-refractivity contribution in [2.75, 3.05) is 33.0 Å². The van der Waals surface area contributed by atoms with Gasteiger partial charge in [0.2, 0.25) is 6.29 Å². The van der Waals surface area contributed by atoms with Crippen molar-refractivity contribution in [1.29, 1.82) is 0 Å². The summed E-state index contributed by atoms with van der Waals surface area (Å²) >= 11 is 3.23. The molecule has 6 aromatic rings. The first-order chi connectivity index (χ1) is 53.7. The molecular formula is C89H124BrF8Na4O17P2+. The summed E-state index contributed by atoms with van der Waals surface area (Å²) in [7, 11) is -2.69. The van der Waals surface area contributed by atoms with Gasteiger partial charge in [0, 0.05) is 45.4 Å². The fraction of sp³-hybridized carbons (Fsp3) is 0.461. The summed E-state index contributed by atoms with van der Waals surface area (Å²) in [6.45, 7) is 26.4. The minimum atomic E-state index is -3.16. The van der Waals surface area contributed by atoms with E-state index in [-0.39, 0.29) is 212 Å². The van der Waals surface area contributed by atoms with E-state index in [2.05, 4.69) is 203 Å². The zero-order valence-corrected chi connectivity index (χ0v) is 85.7. The molecule has 32 heteroatoms. The van der Waals surface area contributed by atoms with E-state index >= 15 is 0 Å². The fourth-order valence-corrected chi connectivity index (χ4v) is 18.4. The van der Waals surface area contributed by atoms with Crippen LogP contribution in [-0.2, 0) is 52.5 Å². The zero-order valence-electron chi connectivity index (χ0n) is 74.3. The molecule has 0 aliphatic rings. The molecule has 658 valence electrons. The third-order valence-corrected chi connectivity index (χ3v) is 23.3. The van der Waals surface area contributed by atoms with Crippen LogP contribution in [0.4, 0.5) is 35.1 Å². The van der Waals surface area contributed by atoms with Crippen molar-refractivity contribution in [3.63, 3.8) is 0 Å². The number of hydrogen-bond acceptors (Lipinski definition) is 16. The average molecular weight is 1850 g/mol. The second-order valence-electron chi connectivity index (χ2n) is 25.8. The van der Waals surface area contributed by atoms with Crippen LogP contribution in [0.2, 0.25) is 0 Å². The van der Waals surface area contributed by atoms with Gasteiger partial charge in [-0.15, -0.1) is 0 Å². The van der Waals surface area contributed by atoms with Crippen molar-refractivity contribution >= 4 is 98.8 Å². The SMILES string of the molecule is CCC/C(=C/C(C)(F)F)C(=O)O.CCC/C(=C/C(C)(F)F)C(=O)OCC.CCC/C(=C/C(C)(F)F)C(=O)[O-].CCCC(Br)C(=O)OCC.CCCC(C(=O)OCC)[P+](c1ccccc1)(c1ccccc1)c1ccccc1.CCCC(C)C(=O)OCC.CCOC(O)C(C)(F)F.[Na+].[Na+].[Na+].[Na+].[OH-].[OH-].[OH-].c1ccc(P(c2ccccc2)c2ccccc2)cc1. The molecule has 0 heterocycles. The van der Waals surface area contributed by atoms with Crippen LogP contribution >= 0.6 is 31.1 Å². The number of aliphatic hydroxyl groups excluding tert-OH is 1. The molecule has 121 heavy (non-hydrogen) atoms. The number of rotatable bonds is 35. The molecular weight excluding hydrogens is 1730 g/mol. The smallest absolute Gasteiger partial charge is 0.870 e. The quantitative estimate of drug-likeness (QED) is 0.00579. The standard InChI is InChI=1S/C25H28O2P.C18H15P.C10H16F2O2.2C8H12F2O2.C8H16O2.C7H13BrO2.C5H10F2O2.4Na.3H2O/c1-3-14-24(25(26)27-4-2)28(21-15-8-5-9-16-21,22-17-10-6-11-18-22)23-19-12-7-13-20-23;1-4-10-16(11-5-1)19(17-12-6-2-7-13-17)18-14-8-3-9-15-18;1-4-6-8(7-10(3,11)12)9(13)14-5-2;2*1-3-4-6(7(11)12)5-8(2,9)10;1-4-6-7(3)8(9)10-5-2;1-3-5-6(8)7(9)10-4-2;1-3-9-4(8)5(2,6)7;;;;;;;/h5-13,15-20,24H,3-4,14H2,1-2H3;1-15H;7H,4-6H2,1-3H3;2*5H,3-4H2,1-2H3,(H,11,12);7H,4-6H2,1-3H3;6H,3-5H2,1-2H3;4,8H,3H2,1-2H3;;;;;3*1H2/q+1;;;;;;;;4*+1;;;/p-4/b;;8-7-;2*6-5-;;;;;;;;;;. The third kappa shape index (κ3) is 60.3. The summed E-state index contributed by atoms with van der Waals surface area (Å²) in [6.07, 6.45) is 7.49. The van der Waals surface area contributed by atoms with E-state index in [1.54, 1.807) is 20.8 Å². The van der Waals surface area contributed by atoms with E-state index < -0.39 is 63.1 Å². The number of allylic oxidation sites excluding steroid dienone is 3. The van der Waals surface area contributed by atoms with Crippen LogP contribution in [0.5, 0.6) is 0 Å². The molecule has 4 atom stereocenters. The molecule has 4 unspecified atom stereocenters. The van der Waals surface area contributed by atoms with Crippen molar-refractivity contribution in [1.82, 2.24) is 0 Å². The van der Waals surface area contributed by atoms with Crippen molar-refractivity contribution in [3.8, 4) is 0 Å². The number of hydrogen-bond donors (Lipinski definition) is 2. The topological polar surface area (TPSA) is 302 Å². The number of benzene rings is 6. The molecule has 0 saturated carbocycles. The summed E-state index contributed by atoms with van der Waals surface area (Å²) in [6, 6.07) is 63.9. The van der Waals surface area contributed by atoms with Crippen molar-refractivity contribution in [2.45, 2.75) is 228 Å². The Morgan fingerprint density at radius 2 is 0.711 bits per heavy atom. The Balaban J connectivity index is -0.000000174. The molecule has 0 aliphatic carbocycles.